The van der Waals surface area contributed by atoms with Crippen LogP contribution in [0.3, 0.4) is 0 Å². The summed E-state index contributed by atoms with van der Waals surface area (Å²) in [6.07, 6.45) is -2.33. The van der Waals surface area contributed by atoms with Crippen LogP contribution in [0, 0.1) is 0 Å². The number of ether oxygens (including phenoxy) is 2. The first-order valence-electron chi connectivity index (χ1n) is 14.4. The maximum Gasteiger partial charge on any atom is 0.416 e. The zero-order valence-corrected chi connectivity index (χ0v) is 26.1. The molecule has 1 fully saturated rings. The molecule has 46 heavy (non-hydrogen) atoms. The molecular formula is C30H37F2N5O8S. The van der Waals surface area contributed by atoms with E-state index in [9.17, 15) is 27.1 Å². The number of carbonyl (C=O) groups is 2. The van der Waals surface area contributed by atoms with Crippen molar-refractivity contribution in [1.82, 2.24) is 9.97 Å². The maximum absolute atomic E-state index is 13.3. The number of aromatic nitrogens is 2. The molecule has 2 heterocycles. The van der Waals surface area contributed by atoms with Gasteiger partial charge in [0, 0.05) is 18.2 Å². The molecule has 0 bridgehead atoms. The normalized spacial score (nSPS) is 15.5. The number of morpholine rings is 1. The second kappa shape index (κ2) is 16.8. The van der Waals surface area contributed by atoms with Gasteiger partial charge < -0.3 is 30.3 Å². The van der Waals surface area contributed by atoms with Gasteiger partial charge in [-0.05, 0) is 56.2 Å². The summed E-state index contributed by atoms with van der Waals surface area (Å²) in [5.41, 5.74) is 5.79. The lowest BCUT2D eigenvalue weighted by molar-refractivity contribution is -0.128. The first-order chi connectivity index (χ1) is 21.8. The van der Waals surface area contributed by atoms with Gasteiger partial charge in [0.15, 0.2) is 15.7 Å². The number of carboxylic acid groups (broad SMARTS) is 2. The van der Waals surface area contributed by atoms with Crippen LogP contribution in [0.2, 0.25) is 0 Å². The van der Waals surface area contributed by atoms with Gasteiger partial charge in [-0.1, -0.05) is 25.1 Å². The number of primary amides is 1. The Hall–Kier alpha value is -4.41. The molecule has 1 aromatic heterocycles. The number of para-hydroxylation sites is 1. The first-order valence-corrected chi connectivity index (χ1v) is 16.1. The van der Waals surface area contributed by atoms with Crippen molar-refractivity contribution in [1.29, 1.82) is 0 Å². The fourth-order valence-electron chi connectivity index (χ4n) is 4.89. The topological polar surface area (TPSA) is 185 Å². The second-order valence-corrected chi connectivity index (χ2v) is 12.5. The summed E-state index contributed by atoms with van der Waals surface area (Å²) in [6.45, 7) is 1.90. The highest BCUT2D eigenvalue weighted by atomic mass is 32.2. The van der Waals surface area contributed by atoms with Crippen LogP contribution in [0.15, 0.2) is 60.7 Å². The molecule has 3 aromatic rings. The Labute approximate surface area is 265 Å². The number of sulfone groups is 1. The molecule has 0 saturated carbocycles. The Kier molecular flexibility index (Phi) is 13.1. The molecule has 1 unspecified atom stereocenters. The van der Waals surface area contributed by atoms with E-state index in [1.54, 1.807) is 67.6 Å². The minimum absolute atomic E-state index is 0.0186. The van der Waals surface area contributed by atoms with E-state index in [4.69, 9.17) is 19.6 Å². The van der Waals surface area contributed by atoms with Gasteiger partial charge in [0.25, 0.3) is 0 Å². The van der Waals surface area contributed by atoms with Gasteiger partial charge in [-0.15, -0.1) is 0 Å². The molecule has 2 atom stereocenters. The summed E-state index contributed by atoms with van der Waals surface area (Å²) < 4.78 is 61.2. The zero-order chi connectivity index (χ0) is 33.9. The van der Waals surface area contributed by atoms with Crippen molar-refractivity contribution < 1.29 is 46.5 Å². The molecule has 4 N–H and O–H groups in total. The number of alkyl halides is 2. The lowest BCUT2D eigenvalue weighted by Gasteiger charge is -2.34. The smallest absolute Gasteiger partial charge is 0.416 e. The number of anilines is 3. The highest BCUT2D eigenvalue weighted by Gasteiger charge is 2.30. The number of nitrogens with zero attached hydrogens (tertiary/aromatic N) is 4. The molecule has 0 radical (unpaired) electrons. The van der Waals surface area contributed by atoms with Crippen molar-refractivity contribution in [2.45, 2.75) is 44.6 Å². The Morgan fingerprint density at radius 2 is 1.74 bits per heavy atom. The van der Waals surface area contributed by atoms with Gasteiger partial charge in [0.05, 0.1) is 48.7 Å². The number of halogens is 2. The van der Waals surface area contributed by atoms with Crippen molar-refractivity contribution in [2.24, 2.45) is 5.73 Å². The quantitative estimate of drug-likeness (QED) is 0.213. The average molecular weight is 666 g/mol. The molecular weight excluding hydrogens is 628 g/mol. The molecule has 1 aliphatic heterocycles. The second-order valence-electron chi connectivity index (χ2n) is 10.2. The Morgan fingerprint density at radius 1 is 1.11 bits per heavy atom. The van der Waals surface area contributed by atoms with Crippen LogP contribution in [0.5, 0.6) is 0 Å². The van der Waals surface area contributed by atoms with E-state index in [1.165, 1.54) is 0 Å². The summed E-state index contributed by atoms with van der Waals surface area (Å²) in [5.74, 6) is 0.491. The fourth-order valence-corrected chi connectivity index (χ4v) is 6.69. The number of hydrogen-bond acceptors (Lipinski definition) is 9. The van der Waals surface area contributed by atoms with E-state index in [0.29, 0.717) is 48.2 Å². The summed E-state index contributed by atoms with van der Waals surface area (Å²) >= 11 is 0. The molecule has 2 aromatic carbocycles. The minimum atomic E-state index is -3.77. The summed E-state index contributed by atoms with van der Waals surface area (Å²) in [6, 6.07) is 17.0. The lowest BCUT2D eigenvalue weighted by atomic mass is 10.1. The predicted octanol–water partition coefficient (Wildman–Crippen LogP) is 5.30. The van der Waals surface area contributed by atoms with Crippen LogP contribution in [0.4, 0.5) is 35.6 Å². The molecule has 2 amide bonds. The number of hydrogen-bond donors (Lipinski definition) is 3. The molecule has 250 valence electrons. The molecule has 13 nitrogen and oxygen atoms in total. The van der Waals surface area contributed by atoms with Crippen molar-refractivity contribution in [3.8, 4) is 11.4 Å². The molecule has 4 rings (SSSR count). The van der Waals surface area contributed by atoms with Gasteiger partial charge in [-0.3, -0.25) is 0 Å². The van der Waals surface area contributed by atoms with E-state index >= 15 is 0 Å². The molecule has 1 aliphatic rings. The lowest BCUT2D eigenvalue weighted by Crippen LogP contribution is -2.44. The SMILES string of the molecule is CCC(c1cc(N2CCOC[C@@H]2C)nc(-c2ccc(N(C(=O)O)c3ccccc3)cc2)n1)S(=O)(=O)CCCOC(F)F.NC(=O)O. The Morgan fingerprint density at radius 3 is 2.30 bits per heavy atom. The van der Waals surface area contributed by atoms with Crippen molar-refractivity contribution in [3.05, 3.63) is 66.4 Å². The van der Waals surface area contributed by atoms with Crippen molar-refractivity contribution in [3.63, 3.8) is 0 Å². The highest BCUT2D eigenvalue weighted by molar-refractivity contribution is 7.91. The largest absolute Gasteiger partial charge is 0.465 e. The van der Waals surface area contributed by atoms with Crippen LogP contribution in [-0.4, -0.2) is 85.6 Å². The van der Waals surface area contributed by atoms with Crippen molar-refractivity contribution >= 4 is 39.2 Å². The standard InChI is InChI=1S/C29H34F2N4O6S.CH3NO2/c1-3-25(42(38,39)17-7-15-41-28(30)31)24-18-26(34-14-16-40-19-20(34)2)33-27(32-24)21-10-12-23(13-11-21)35(29(36)37)22-8-5-4-6-9-22;2-1(3)4/h4-6,8-13,18,20,25,28H,3,7,14-17,19H2,1-2H3,(H,36,37);2H2,(H,3,4)/t20-,25?;/m0./s1. The third kappa shape index (κ3) is 10.1. The first kappa shape index (κ1) is 36.1. The molecule has 16 heteroatoms. The predicted molar refractivity (Wildman–Crippen MR) is 167 cm³/mol. The van der Waals surface area contributed by atoms with Crippen LogP contribution >= 0.6 is 0 Å². The third-order valence-electron chi connectivity index (χ3n) is 6.93. The van der Waals surface area contributed by atoms with Gasteiger partial charge in [0.1, 0.15) is 11.1 Å². The van der Waals surface area contributed by atoms with E-state index < -0.39 is 33.9 Å². The summed E-state index contributed by atoms with van der Waals surface area (Å²) in [4.78, 5) is 33.5. The minimum Gasteiger partial charge on any atom is -0.465 e. The maximum atomic E-state index is 13.3. The van der Waals surface area contributed by atoms with Gasteiger partial charge >= 0.3 is 18.8 Å². The molecule has 0 spiro atoms. The van der Waals surface area contributed by atoms with Crippen LogP contribution in [0.1, 0.15) is 37.6 Å². The van der Waals surface area contributed by atoms with Crippen LogP contribution < -0.4 is 15.5 Å². The third-order valence-corrected chi connectivity index (χ3v) is 9.23. The molecule has 1 saturated heterocycles. The van der Waals surface area contributed by atoms with Crippen LogP contribution in [-0.2, 0) is 19.3 Å². The number of nitrogens with two attached hydrogens (primary N) is 1. The summed E-state index contributed by atoms with van der Waals surface area (Å²) in [7, 11) is -3.77. The monoisotopic (exact) mass is 665 g/mol. The fraction of sp³-hybridized carbons (Fsp3) is 0.400. The number of benzene rings is 2. The van der Waals surface area contributed by atoms with Gasteiger partial charge in [-0.25, -0.2) is 32.9 Å². The Bertz CT molecular complexity index is 1540. The van der Waals surface area contributed by atoms with Crippen LogP contribution in [0.25, 0.3) is 11.4 Å². The zero-order valence-electron chi connectivity index (χ0n) is 25.3. The summed E-state index contributed by atoms with van der Waals surface area (Å²) in [5, 5.41) is 16.1. The Balaban J connectivity index is 0.00000136. The number of rotatable bonds is 12. The number of amides is 2. The van der Waals surface area contributed by atoms with E-state index in [-0.39, 0.29) is 37.1 Å². The van der Waals surface area contributed by atoms with Gasteiger partial charge in [-0.2, -0.15) is 8.78 Å². The van der Waals surface area contributed by atoms with E-state index in [2.05, 4.69) is 15.5 Å². The van der Waals surface area contributed by atoms with Crippen molar-refractivity contribution in [2.75, 3.05) is 41.9 Å². The van der Waals surface area contributed by atoms with E-state index in [0.717, 1.165) is 4.90 Å². The van der Waals surface area contributed by atoms with Gasteiger partial charge in [0.2, 0.25) is 0 Å². The average Bonchev–Trinajstić information content (AvgIpc) is 3.00. The highest BCUT2D eigenvalue weighted by Crippen LogP contribution is 2.33. The van der Waals surface area contributed by atoms with E-state index in [1.807, 2.05) is 11.8 Å². The molecule has 0 aliphatic carbocycles.